The molecule has 0 fully saturated rings. The molecule has 2 amide bonds. The van der Waals surface area contributed by atoms with E-state index in [1.165, 1.54) is 11.3 Å². The molecule has 2 N–H and O–H groups in total. The first-order chi connectivity index (χ1) is 14.2. The number of anilines is 1. The van der Waals surface area contributed by atoms with Crippen molar-refractivity contribution in [2.75, 3.05) is 11.9 Å². The minimum Gasteiger partial charge on any atom is -0.485 e. The van der Waals surface area contributed by atoms with E-state index < -0.39 is 18.1 Å². The third kappa shape index (κ3) is 4.72. The lowest BCUT2D eigenvalue weighted by Crippen LogP contribution is -2.52. The van der Waals surface area contributed by atoms with Crippen LogP contribution in [0.2, 0.25) is 0 Å². The highest BCUT2D eigenvalue weighted by Crippen LogP contribution is 2.30. The summed E-state index contributed by atoms with van der Waals surface area (Å²) in [6.07, 6.45) is 1.11. The number of hydrogen-bond donors (Lipinski definition) is 2. The zero-order valence-corrected chi connectivity index (χ0v) is 16.2. The predicted molar refractivity (Wildman–Crippen MR) is 109 cm³/mol. The van der Waals surface area contributed by atoms with Gasteiger partial charge < -0.3 is 20.1 Å². The molecule has 0 saturated carbocycles. The molecule has 0 spiro atoms. The molecule has 148 valence electrons. The van der Waals surface area contributed by atoms with E-state index in [0.29, 0.717) is 23.1 Å². The number of amides is 2. The standard InChI is InChI=1S/C21H19N3O4S/c25-19(24-21-22-10-11-29-21)15(12-14-6-2-1-3-7-14)23-20(26)18-13-27-16-8-4-5-9-17(16)28-18/h1-11,15,18H,12-13H2,(H,23,26)(H,22,24,25)/t15-,18?/m0/s1. The predicted octanol–water partition coefficient (Wildman–Crippen LogP) is 2.65. The number of para-hydroxylation sites is 2. The summed E-state index contributed by atoms with van der Waals surface area (Å²) in [5.74, 6) is 0.355. The van der Waals surface area contributed by atoms with E-state index in [1.807, 2.05) is 42.5 Å². The summed E-state index contributed by atoms with van der Waals surface area (Å²) in [6, 6.07) is 15.9. The van der Waals surface area contributed by atoms with Crippen LogP contribution in [0, 0.1) is 0 Å². The molecule has 2 heterocycles. The Labute approximate surface area is 171 Å². The van der Waals surface area contributed by atoms with E-state index in [4.69, 9.17) is 9.47 Å². The van der Waals surface area contributed by atoms with Crippen LogP contribution in [0.5, 0.6) is 11.5 Å². The first-order valence-corrected chi connectivity index (χ1v) is 10.00. The van der Waals surface area contributed by atoms with Crippen LogP contribution in [0.4, 0.5) is 5.13 Å². The number of carbonyl (C=O) groups is 2. The number of rotatable bonds is 6. The second-order valence-electron chi connectivity index (χ2n) is 6.44. The SMILES string of the molecule is O=C(N[C@@H](Cc1ccccc1)C(=O)Nc1nccs1)C1COc2ccccc2O1. The molecule has 0 bridgehead atoms. The van der Waals surface area contributed by atoms with Crippen molar-refractivity contribution in [2.24, 2.45) is 0 Å². The van der Waals surface area contributed by atoms with E-state index in [9.17, 15) is 9.59 Å². The molecule has 0 saturated heterocycles. The Morgan fingerprint density at radius 1 is 1.10 bits per heavy atom. The summed E-state index contributed by atoms with van der Waals surface area (Å²) in [6.45, 7) is 0.0784. The van der Waals surface area contributed by atoms with Gasteiger partial charge in [-0.1, -0.05) is 42.5 Å². The minimum atomic E-state index is -0.837. The highest BCUT2D eigenvalue weighted by Gasteiger charge is 2.31. The third-order valence-corrected chi connectivity index (χ3v) is 5.07. The van der Waals surface area contributed by atoms with Crippen LogP contribution in [0.3, 0.4) is 0 Å². The molecule has 1 aliphatic heterocycles. The fraction of sp³-hybridized carbons (Fsp3) is 0.190. The minimum absolute atomic E-state index is 0.0784. The Hall–Kier alpha value is -3.39. The van der Waals surface area contributed by atoms with E-state index in [2.05, 4.69) is 15.6 Å². The largest absolute Gasteiger partial charge is 0.485 e. The number of carbonyl (C=O) groups excluding carboxylic acids is 2. The number of nitrogens with one attached hydrogen (secondary N) is 2. The molecule has 2 atom stereocenters. The number of ether oxygens (including phenoxy) is 2. The zero-order chi connectivity index (χ0) is 20.1. The van der Waals surface area contributed by atoms with E-state index >= 15 is 0 Å². The quantitative estimate of drug-likeness (QED) is 0.653. The molecule has 1 unspecified atom stereocenters. The summed E-state index contributed by atoms with van der Waals surface area (Å²) < 4.78 is 11.4. The Kier molecular flexibility index (Phi) is 5.71. The van der Waals surface area contributed by atoms with Gasteiger partial charge in [-0.3, -0.25) is 9.59 Å². The van der Waals surface area contributed by atoms with Crippen molar-refractivity contribution in [3.8, 4) is 11.5 Å². The molecule has 4 rings (SSSR count). The first-order valence-electron chi connectivity index (χ1n) is 9.12. The molecule has 3 aromatic rings. The lowest BCUT2D eigenvalue weighted by molar-refractivity contribution is -0.133. The van der Waals surface area contributed by atoms with Crippen LogP contribution in [-0.4, -0.2) is 35.6 Å². The van der Waals surface area contributed by atoms with Crippen LogP contribution in [-0.2, 0) is 16.0 Å². The van der Waals surface area contributed by atoms with Gasteiger partial charge >= 0.3 is 0 Å². The van der Waals surface area contributed by atoms with Crippen molar-refractivity contribution in [1.29, 1.82) is 0 Å². The average molecular weight is 409 g/mol. The van der Waals surface area contributed by atoms with Crippen molar-refractivity contribution in [2.45, 2.75) is 18.6 Å². The molecular formula is C21H19N3O4S. The fourth-order valence-corrected chi connectivity index (χ4v) is 3.48. The number of fused-ring (bicyclic) bond motifs is 1. The molecule has 0 radical (unpaired) electrons. The first kappa shape index (κ1) is 18.9. The Morgan fingerprint density at radius 3 is 2.62 bits per heavy atom. The van der Waals surface area contributed by atoms with E-state index in [1.54, 1.807) is 23.7 Å². The summed E-state index contributed by atoms with van der Waals surface area (Å²) in [5.41, 5.74) is 0.929. The average Bonchev–Trinajstić information content (AvgIpc) is 3.26. The van der Waals surface area contributed by atoms with Gasteiger partial charge in [0.2, 0.25) is 12.0 Å². The number of aromatic nitrogens is 1. The van der Waals surface area contributed by atoms with Crippen molar-refractivity contribution in [3.63, 3.8) is 0 Å². The molecule has 0 aliphatic carbocycles. The summed E-state index contributed by atoms with van der Waals surface area (Å²) in [5, 5.41) is 7.80. The topological polar surface area (TPSA) is 89.6 Å². The van der Waals surface area contributed by atoms with Crippen LogP contribution in [0.15, 0.2) is 66.2 Å². The molecular weight excluding hydrogens is 390 g/mol. The normalized spacial score (nSPS) is 15.9. The Morgan fingerprint density at radius 2 is 1.86 bits per heavy atom. The van der Waals surface area contributed by atoms with Gasteiger partial charge in [-0.15, -0.1) is 11.3 Å². The van der Waals surface area contributed by atoms with Gasteiger partial charge in [-0.25, -0.2) is 4.98 Å². The van der Waals surface area contributed by atoms with E-state index in [-0.39, 0.29) is 12.5 Å². The summed E-state index contributed by atoms with van der Waals surface area (Å²) in [7, 11) is 0. The van der Waals surface area contributed by atoms with Crippen molar-refractivity contribution in [3.05, 3.63) is 71.7 Å². The van der Waals surface area contributed by atoms with Gasteiger partial charge in [0.1, 0.15) is 12.6 Å². The van der Waals surface area contributed by atoms with Gasteiger partial charge in [-0.05, 0) is 17.7 Å². The van der Waals surface area contributed by atoms with Crippen molar-refractivity contribution >= 4 is 28.3 Å². The third-order valence-electron chi connectivity index (χ3n) is 4.38. The maximum absolute atomic E-state index is 12.8. The number of thiazole rings is 1. The highest BCUT2D eigenvalue weighted by molar-refractivity contribution is 7.13. The maximum Gasteiger partial charge on any atom is 0.265 e. The molecule has 29 heavy (non-hydrogen) atoms. The Bertz CT molecular complexity index is 979. The second kappa shape index (κ2) is 8.74. The smallest absolute Gasteiger partial charge is 0.265 e. The lowest BCUT2D eigenvalue weighted by Gasteiger charge is -2.27. The maximum atomic E-state index is 12.8. The summed E-state index contributed by atoms with van der Waals surface area (Å²) in [4.78, 5) is 29.7. The highest BCUT2D eigenvalue weighted by atomic mass is 32.1. The molecule has 2 aromatic carbocycles. The Balaban J connectivity index is 1.47. The molecule has 8 heteroatoms. The molecule has 1 aromatic heterocycles. The second-order valence-corrected chi connectivity index (χ2v) is 7.34. The van der Waals surface area contributed by atoms with Gasteiger partial charge in [0.05, 0.1) is 0 Å². The van der Waals surface area contributed by atoms with Crippen molar-refractivity contribution in [1.82, 2.24) is 10.3 Å². The van der Waals surface area contributed by atoms with Gasteiger partial charge in [0, 0.05) is 18.0 Å². The number of benzene rings is 2. The fourth-order valence-electron chi connectivity index (χ4n) is 2.95. The van der Waals surface area contributed by atoms with Gasteiger partial charge in [0.25, 0.3) is 5.91 Å². The lowest BCUT2D eigenvalue weighted by atomic mass is 10.0. The monoisotopic (exact) mass is 409 g/mol. The number of nitrogens with zero attached hydrogens (tertiary/aromatic N) is 1. The van der Waals surface area contributed by atoms with Crippen LogP contribution >= 0.6 is 11.3 Å². The summed E-state index contributed by atoms with van der Waals surface area (Å²) >= 11 is 1.31. The number of hydrogen-bond acceptors (Lipinski definition) is 6. The van der Waals surface area contributed by atoms with Crippen molar-refractivity contribution < 1.29 is 19.1 Å². The van der Waals surface area contributed by atoms with Crippen LogP contribution in [0.25, 0.3) is 0 Å². The van der Waals surface area contributed by atoms with Gasteiger partial charge in [0.15, 0.2) is 16.6 Å². The van der Waals surface area contributed by atoms with Crippen LogP contribution in [0.1, 0.15) is 5.56 Å². The molecule has 7 nitrogen and oxygen atoms in total. The van der Waals surface area contributed by atoms with Gasteiger partial charge in [-0.2, -0.15) is 0 Å². The van der Waals surface area contributed by atoms with Crippen LogP contribution < -0.4 is 20.1 Å². The van der Waals surface area contributed by atoms with E-state index in [0.717, 1.165) is 5.56 Å². The zero-order valence-electron chi connectivity index (χ0n) is 15.4. The molecule has 1 aliphatic rings.